The molecule has 0 spiro atoms. The lowest BCUT2D eigenvalue weighted by molar-refractivity contribution is -0.143. The molecule has 41 heavy (non-hydrogen) atoms. The summed E-state index contributed by atoms with van der Waals surface area (Å²) in [5, 5.41) is 23.7. The topological polar surface area (TPSA) is 133 Å². The molecule has 4 N–H and O–H groups in total. The second-order valence-electron chi connectivity index (χ2n) is 12.3. The molecule has 1 saturated carbocycles. The van der Waals surface area contributed by atoms with Crippen molar-refractivity contribution in [3.05, 3.63) is 0 Å². The number of hydrogen-bond acceptors (Lipinski definition) is 4. The number of aliphatic carboxylic acids is 2. The standard InChI is InChI=1S/C33H60N2O6/c1-2-19-29(33(40)41)35-32(39)28-24-22-27(23-25-28)26-34-30(36)20-17-15-13-11-9-7-5-3-4-6-8-10-12-14-16-18-21-31(37)38/h27-29H,2-26H2,1H3,(H,34,36)(H,35,39)(H,37,38)(H,40,41)/t27?,28?,29-/m1/s1. The summed E-state index contributed by atoms with van der Waals surface area (Å²) >= 11 is 0. The molecule has 0 aromatic rings. The van der Waals surface area contributed by atoms with Gasteiger partial charge in [0, 0.05) is 25.3 Å². The fourth-order valence-electron chi connectivity index (χ4n) is 5.85. The summed E-state index contributed by atoms with van der Waals surface area (Å²) in [6, 6.07) is -0.795. The van der Waals surface area contributed by atoms with Crippen molar-refractivity contribution >= 4 is 23.8 Å². The predicted octanol–water partition coefficient (Wildman–Crippen LogP) is 7.38. The summed E-state index contributed by atoms with van der Waals surface area (Å²) < 4.78 is 0. The second-order valence-corrected chi connectivity index (χ2v) is 12.3. The Bertz CT molecular complexity index is 721. The van der Waals surface area contributed by atoms with Crippen LogP contribution in [0.25, 0.3) is 0 Å². The molecule has 0 unspecified atom stereocenters. The van der Waals surface area contributed by atoms with E-state index in [0.29, 0.717) is 38.1 Å². The molecule has 1 rings (SSSR count). The van der Waals surface area contributed by atoms with E-state index in [-0.39, 0.29) is 17.7 Å². The zero-order chi connectivity index (χ0) is 30.1. The molecule has 0 aromatic carbocycles. The van der Waals surface area contributed by atoms with E-state index in [9.17, 15) is 24.3 Å². The molecule has 8 nitrogen and oxygen atoms in total. The number of rotatable bonds is 26. The minimum absolute atomic E-state index is 0.120. The third-order valence-electron chi connectivity index (χ3n) is 8.54. The number of unbranched alkanes of at least 4 members (excludes halogenated alkanes) is 15. The summed E-state index contributed by atoms with van der Waals surface area (Å²) in [7, 11) is 0. The van der Waals surface area contributed by atoms with Crippen LogP contribution in [0.5, 0.6) is 0 Å². The van der Waals surface area contributed by atoms with Gasteiger partial charge in [-0.15, -0.1) is 0 Å². The number of hydrogen-bond donors (Lipinski definition) is 4. The summed E-state index contributed by atoms with van der Waals surface area (Å²) in [5.41, 5.74) is 0. The Balaban J connectivity index is 1.89. The van der Waals surface area contributed by atoms with Crippen molar-refractivity contribution in [2.75, 3.05) is 6.54 Å². The van der Waals surface area contributed by atoms with Crippen molar-refractivity contribution < 1.29 is 29.4 Å². The van der Waals surface area contributed by atoms with Gasteiger partial charge in [-0.3, -0.25) is 14.4 Å². The Morgan fingerprint density at radius 1 is 0.659 bits per heavy atom. The van der Waals surface area contributed by atoms with E-state index in [2.05, 4.69) is 10.6 Å². The van der Waals surface area contributed by atoms with Gasteiger partial charge in [0.15, 0.2) is 0 Å². The molecule has 0 heterocycles. The minimum atomic E-state index is -0.967. The van der Waals surface area contributed by atoms with E-state index in [4.69, 9.17) is 5.11 Å². The lowest BCUT2D eigenvalue weighted by atomic mass is 9.81. The smallest absolute Gasteiger partial charge is 0.326 e. The summed E-state index contributed by atoms with van der Waals surface area (Å²) in [4.78, 5) is 46.5. The molecule has 2 amide bonds. The van der Waals surface area contributed by atoms with Gasteiger partial charge in [0.25, 0.3) is 0 Å². The summed E-state index contributed by atoms with van der Waals surface area (Å²) in [6.45, 7) is 2.59. The number of carboxylic acid groups (broad SMARTS) is 2. The van der Waals surface area contributed by atoms with Crippen molar-refractivity contribution in [1.29, 1.82) is 0 Å². The van der Waals surface area contributed by atoms with Crippen molar-refractivity contribution in [2.45, 2.75) is 167 Å². The molecule has 1 aliphatic carbocycles. The molecule has 1 aliphatic rings. The second kappa shape index (κ2) is 24.5. The number of carbonyl (C=O) groups excluding carboxylic acids is 2. The molecular weight excluding hydrogens is 520 g/mol. The van der Waals surface area contributed by atoms with Gasteiger partial charge in [-0.2, -0.15) is 0 Å². The normalized spacial score (nSPS) is 17.6. The summed E-state index contributed by atoms with van der Waals surface area (Å²) in [5.74, 6) is -1.38. The van der Waals surface area contributed by atoms with Crippen molar-refractivity contribution in [3.63, 3.8) is 0 Å². The Kier molecular flexibility index (Phi) is 22.0. The van der Waals surface area contributed by atoms with Crippen LogP contribution in [0.3, 0.4) is 0 Å². The van der Waals surface area contributed by atoms with Crippen LogP contribution in [0.4, 0.5) is 0 Å². The van der Waals surface area contributed by atoms with Crippen LogP contribution in [0.1, 0.15) is 161 Å². The molecule has 0 bridgehead atoms. The molecule has 0 radical (unpaired) electrons. The zero-order valence-electron chi connectivity index (χ0n) is 25.9. The number of carbonyl (C=O) groups is 4. The van der Waals surface area contributed by atoms with Crippen LogP contribution in [-0.4, -0.2) is 46.6 Å². The largest absolute Gasteiger partial charge is 0.481 e. The van der Waals surface area contributed by atoms with Gasteiger partial charge in [0.2, 0.25) is 11.8 Å². The molecule has 1 atom stereocenters. The van der Waals surface area contributed by atoms with Crippen LogP contribution in [-0.2, 0) is 19.2 Å². The number of carboxylic acids is 2. The monoisotopic (exact) mass is 580 g/mol. The molecule has 0 aliphatic heterocycles. The quantitative estimate of drug-likeness (QED) is 0.0789. The molecule has 1 fully saturated rings. The van der Waals surface area contributed by atoms with Crippen molar-refractivity contribution in [3.8, 4) is 0 Å². The van der Waals surface area contributed by atoms with Gasteiger partial charge in [-0.1, -0.05) is 103 Å². The lowest BCUT2D eigenvalue weighted by Crippen LogP contribution is -2.44. The van der Waals surface area contributed by atoms with Crippen LogP contribution in [0.15, 0.2) is 0 Å². The zero-order valence-corrected chi connectivity index (χ0v) is 25.9. The average molecular weight is 581 g/mol. The molecule has 0 aromatic heterocycles. The van der Waals surface area contributed by atoms with Gasteiger partial charge in [-0.05, 0) is 50.9 Å². The number of amides is 2. The molecule has 8 heteroatoms. The van der Waals surface area contributed by atoms with Gasteiger partial charge in [0.1, 0.15) is 6.04 Å². The maximum Gasteiger partial charge on any atom is 0.326 e. The highest BCUT2D eigenvalue weighted by Crippen LogP contribution is 2.28. The predicted molar refractivity (Wildman–Crippen MR) is 164 cm³/mol. The molecule has 238 valence electrons. The van der Waals surface area contributed by atoms with Crippen molar-refractivity contribution in [1.82, 2.24) is 10.6 Å². The maximum atomic E-state index is 12.5. The minimum Gasteiger partial charge on any atom is -0.481 e. The van der Waals surface area contributed by atoms with Crippen LogP contribution in [0.2, 0.25) is 0 Å². The third-order valence-corrected chi connectivity index (χ3v) is 8.54. The Morgan fingerprint density at radius 3 is 1.51 bits per heavy atom. The number of nitrogens with one attached hydrogen (secondary N) is 2. The third kappa shape index (κ3) is 20.4. The van der Waals surface area contributed by atoms with Gasteiger partial charge in [0.05, 0.1) is 0 Å². The van der Waals surface area contributed by atoms with E-state index in [1.807, 2.05) is 6.92 Å². The lowest BCUT2D eigenvalue weighted by Gasteiger charge is -2.28. The van der Waals surface area contributed by atoms with E-state index >= 15 is 0 Å². The fourth-order valence-corrected chi connectivity index (χ4v) is 5.85. The van der Waals surface area contributed by atoms with Gasteiger partial charge >= 0.3 is 11.9 Å². The maximum absolute atomic E-state index is 12.5. The van der Waals surface area contributed by atoms with Crippen LogP contribution in [0, 0.1) is 11.8 Å². The first-order valence-corrected chi connectivity index (χ1v) is 16.8. The first-order chi connectivity index (χ1) is 19.8. The summed E-state index contributed by atoms with van der Waals surface area (Å²) in [6.07, 6.45) is 24.6. The van der Waals surface area contributed by atoms with E-state index < -0.39 is 18.0 Å². The first-order valence-electron chi connectivity index (χ1n) is 16.8. The highest BCUT2D eigenvalue weighted by Gasteiger charge is 2.29. The Hall–Kier alpha value is -2.12. The Morgan fingerprint density at radius 2 is 1.10 bits per heavy atom. The highest BCUT2D eigenvalue weighted by atomic mass is 16.4. The van der Waals surface area contributed by atoms with Crippen LogP contribution >= 0.6 is 0 Å². The van der Waals surface area contributed by atoms with E-state index in [1.54, 1.807) is 0 Å². The first kappa shape index (κ1) is 36.9. The average Bonchev–Trinajstić information content (AvgIpc) is 2.95. The van der Waals surface area contributed by atoms with E-state index in [1.165, 1.54) is 77.0 Å². The van der Waals surface area contributed by atoms with Crippen LogP contribution < -0.4 is 10.6 Å². The Labute approximate surface area is 249 Å². The SMILES string of the molecule is CCC[C@@H](NC(=O)C1CCC(CNC(=O)CCCCCCCCCCCCCCCCCCC(=O)O)CC1)C(=O)O. The highest BCUT2D eigenvalue weighted by molar-refractivity contribution is 5.85. The molecular formula is C33H60N2O6. The molecule has 0 saturated heterocycles. The fraction of sp³-hybridized carbons (Fsp3) is 0.879. The van der Waals surface area contributed by atoms with E-state index in [0.717, 1.165) is 51.4 Å². The van der Waals surface area contributed by atoms with Gasteiger partial charge in [-0.25, -0.2) is 4.79 Å². The van der Waals surface area contributed by atoms with Crippen molar-refractivity contribution in [2.24, 2.45) is 11.8 Å². The van der Waals surface area contributed by atoms with Gasteiger partial charge < -0.3 is 20.8 Å².